The van der Waals surface area contributed by atoms with Gasteiger partial charge in [-0.05, 0) is 111 Å². The number of fused-ring (bicyclic) bond motifs is 5. The van der Waals surface area contributed by atoms with E-state index in [9.17, 15) is 0 Å². The summed E-state index contributed by atoms with van der Waals surface area (Å²) in [5, 5.41) is 3.71. The Morgan fingerprint density at radius 1 is 1.08 bits per heavy atom. The van der Waals surface area contributed by atoms with Gasteiger partial charge in [-0.2, -0.15) is 0 Å². The molecule has 0 aromatic carbocycles. The van der Waals surface area contributed by atoms with Gasteiger partial charge in [0.15, 0.2) is 0 Å². The molecular weight excluding hydrogens is 314 g/mol. The van der Waals surface area contributed by atoms with Crippen LogP contribution in [0.1, 0.15) is 91.9 Å². The largest absolute Gasteiger partial charge is 0.316 e. The number of hydrogen-bond donors (Lipinski definition) is 1. The SMILES string of the molecule is CC(C)CNCC[C@H]1CC[C@H]2[C@@H]3CC=C4CCCC[C@]4(C)[C@H]3CC[C@]12C. The first-order valence-corrected chi connectivity index (χ1v) is 11.9. The minimum absolute atomic E-state index is 0.569. The van der Waals surface area contributed by atoms with Crippen LogP contribution in [-0.2, 0) is 0 Å². The fourth-order valence-electron chi connectivity index (χ4n) is 7.95. The molecule has 1 nitrogen and oxygen atoms in total. The van der Waals surface area contributed by atoms with Gasteiger partial charge in [-0.15, -0.1) is 0 Å². The third-order valence-electron chi connectivity index (χ3n) is 9.44. The molecule has 148 valence electrons. The molecule has 6 atom stereocenters. The molecule has 0 saturated heterocycles. The Labute approximate surface area is 162 Å². The standard InChI is InChI=1S/C25H43N/c1-18(2)17-26-16-13-20-9-11-22-21-10-8-19-7-5-6-14-24(19,3)23(21)12-15-25(20,22)4/h8,18,20-23,26H,5-7,9-17H2,1-4H3/t20-,21+,22+,23+,24+,25-/m1/s1. The van der Waals surface area contributed by atoms with E-state index in [0.717, 1.165) is 29.6 Å². The molecule has 0 radical (unpaired) electrons. The topological polar surface area (TPSA) is 12.0 Å². The smallest absolute Gasteiger partial charge is 0.00258 e. The van der Waals surface area contributed by atoms with Gasteiger partial charge in [-0.1, -0.05) is 45.8 Å². The molecule has 1 heteroatoms. The maximum atomic E-state index is 3.71. The zero-order valence-corrected chi connectivity index (χ0v) is 17.9. The number of hydrogen-bond acceptors (Lipinski definition) is 1. The average molecular weight is 358 g/mol. The van der Waals surface area contributed by atoms with Gasteiger partial charge in [0.05, 0.1) is 0 Å². The lowest BCUT2D eigenvalue weighted by molar-refractivity contribution is -0.0421. The van der Waals surface area contributed by atoms with E-state index in [4.69, 9.17) is 0 Å². The van der Waals surface area contributed by atoms with Crippen LogP contribution in [0.15, 0.2) is 11.6 Å². The summed E-state index contributed by atoms with van der Waals surface area (Å²) in [7, 11) is 0. The Hall–Kier alpha value is -0.300. The van der Waals surface area contributed by atoms with Gasteiger partial charge in [0.2, 0.25) is 0 Å². The van der Waals surface area contributed by atoms with Gasteiger partial charge in [-0.3, -0.25) is 0 Å². The van der Waals surface area contributed by atoms with Gasteiger partial charge >= 0.3 is 0 Å². The predicted octanol–water partition coefficient (Wildman–Crippen LogP) is 6.59. The molecule has 4 rings (SSSR count). The molecule has 0 heterocycles. The number of rotatable bonds is 5. The summed E-state index contributed by atoms with van der Waals surface area (Å²) in [4.78, 5) is 0. The van der Waals surface area contributed by atoms with Crippen molar-refractivity contribution < 1.29 is 0 Å². The van der Waals surface area contributed by atoms with E-state index in [1.54, 1.807) is 0 Å². The minimum Gasteiger partial charge on any atom is -0.316 e. The van der Waals surface area contributed by atoms with Crippen LogP contribution in [0.4, 0.5) is 0 Å². The van der Waals surface area contributed by atoms with Gasteiger partial charge in [0.1, 0.15) is 0 Å². The summed E-state index contributed by atoms with van der Waals surface area (Å²) in [6.07, 6.45) is 17.4. The Kier molecular flexibility index (Phi) is 5.32. The van der Waals surface area contributed by atoms with Crippen LogP contribution in [-0.4, -0.2) is 13.1 Å². The van der Waals surface area contributed by atoms with Crippen molar-refractivity contribution in [1.82, 2.24) is 5.32 Å². The highest BCUT2D eigenvalue weighted by Gasteiger charge is 2.57. The molecule has 3 fully saturated rings. The van der Waals surface area contributed by atoms with Gasteiger partial charge in [0, 0.05) is 0 Å². The summed E-state index contributed by atoms with van der Waals surface area (Å²) in [6, 6.07) is 0. The molecule has 3 saturated carbocycles. The second-order valence-electron chi connectivity index (χ2n) is 11.2. The van der Waals surface area contributed by atoms with Crippen LogP contribution < -0.4 is 5.32 Å². The lowest BCUT2D eigenvalue weighted by atomic mass is 9.47. The molecule has 0 spiro atoms. The van der Waals surface area contributed by atoms with Crippen LogP contribution >= 0.6 is 0 Å². The molecule has 4 aliphatic carbocycles. The predicted molar refractivity (Wildman–Crippen MR) is 112 cm³/mol. The highest BCUT2D eigenvalue weighted by Crippen LogP contribution is 2.66. The quantitative estimate of drug-likeness (QED) is 0.432. The summed E-state index contributed by atoms with van der Waals surface area (Å²) in [5.74, 6) is 4.75. The molecule has 0 aliphatic heterocycles. The van der Waals surface area contributed by atoms with Crippen molar-refractivity contribution in [3.05, 3.63) is 11.6 Å². The van der Waals surface area contributed by atoms with Crippen LogP contribution in [0, 0.1) is 40.4 Å². The Morgan fingerprint density at radius 3 is 2.73 bits per heavy atom. The van der Waals surface area contributed by atoms with Crippen molar-refractivity contribution in [2.24, 2.45) is 40.4 Å². The number of allylic oxidation sites excluding steroid dienone is 2. The summed E-state index contributed by atoms with van der Waals surface area (Å²) in [5.41, 5.74) is 3.07. The number of nitrogens with one attached hydrogen (secondary N) is 1. The van der Waals surface area contributed by atoms with Crippen molar-refractivity contribution in [1.29, 1.82) is 0 Å². The zero-order chi connectivity index (χ0) is 18.4. The first-order valence-electron chi connectivity index (χ1n) is 11.9. The minimum atomic E-state index is 0.569. The summed E-state index contributed by atoms with van der Waals surface area (Å²) in [6.45, 7) is 12.4. The molecule has 26 heavy (non-hydrogen) atoms. The zero-order valence-electron chi connectivity index (χ0n) is 17.9. The summed E-state index contributed by atoms with van der Waals surface area (Å²) >= 11 is 0. The van der Waals surface area contributed by atoms with Crippen LogP contribution in [0.5, 0.6) is 0 Å². The molecule has 4 aliphatic rings. The lowest BCUT2D eigenvalue weighted by Gasteiger charge is -2.57. The molecule has 0 aromatic rings. The van der Waals surface area contributed by atoms with Crippen molar-refractivity contribution in [3.63, 3.8) is 0 Å². The maximum Gasteiger partial charge on any atom is -0.00258 e. The molecule has 0 aromatic heterocycles. The van der Waals surface area contributed by atoms with E-state index in [2.05, 4.69) is 39.1 Å². The Morgan fingerprint density at radius 2 is 1.92 bits per heavy atom. The fraction of sp³-hybridized carbons (Fsp3) is 0.920. The Balaban J connectivity index is 1.45. The lowest BCUT2D eigenvalue weighted by Crippen LogP contribution is -2.49. The van der Waals surface area contributed by atoms with E-state index < -0.39 is 0 Å². The third-order valence-corrected chi connectivity index (χ3v) is 9.44. The molecule has 0 unspecified atom stereocenters. The maximum absolute atomic E-state index is 3.71. The van der Waals surface area contributed by atoms with Crippen LogP contribution in [0.25, 0.3) is 0 Å². The Bertz CT molecular complexity index is 534. The van der Waals surface area contributed by atoms with Gasteiger partial charge < -0.3 is 5.32 Å². The second-order valence-corrected chi connectivity index (χ2v) is 11.2. The normalized spacial score (nSPS) is 45.0. The van der Waals surface area contributed by atoms with Crippen LogP contribution in [0.3, 0.4) is 0 Å². The van der Waals surface area contributed by atoms with E-state index in [1.165, 1.54) is 77.3 Å². The highest BCUT2D eigenvalue weighted by atomic mass is 14.9. The van der Waals surface area contributed by atoms with Crippen molar-refractivity contribution >= 4 is 0 Å². The van der Waals surface area contributed by atoms with E-state index in [0.29, 0.717) is 10.8 Å². The van der Waals surface area contributed by atoms with Crippen molar-refractivity contribution in [2.75, 3.05) is 13.1 Å². The van der Waals surface area contributed by atoms with E-state index in [-0.39, 0.29) is 0 Å². The molecule has 1 N–H and O–H groups in total. The first-order chi connectivity index (χ1) is 12.4. The van der Waals surface area contributed by atoms with Crippen molar-refractivity contribution in [2.45, 2.75) is 91.9 Å². The second kappa shape index (κ2) is 7.26. The van der Waals surface area contributed by atoms with E-state index in [1.807, 2.05) is 5.57 Å². The van der Waals surface area contributed by atoms with Gasteiger partial charge in [-0.25, -0.2) is 0 Å². The van der Waals surface area contributed by atoms with E-state index >= 15 is 0 Å². The molecule has 0 amide bonds. The molecule has 0 bridgehead atoms. The molecular formula is C25H43N. The first kappa shape index (κ1) is 19.0. The summed E-state index contributed by atoms with van der Waals surface area (Å²) < 4.78 is 0. The van der Waals surface area contributed by atoms with Crippen molar-refractivity contribution in [3.8, 4) is 0 Å². The third kappa shape index (κ3) is 3.11. The highest BCUT2D eigenvalue weighted by molar-refractivity contribution is 5.24. The average Bonchev–Trinajstić information content (AvgIpc) is 2.94. The van der Waals surface area contributed by atoms with Crippen LogP contribution in [0.2, 0.25) is 0 Å². The van der Waals surface area contributed by atoms with Gasteiger partial charge in [0.25, 0.3) is 0 Å². The monoisotopic (exact) mass is 357 g/mol. The fourth-order valence-corrected chi connectivity index (χ4v) is 7.95.